The summed E-state index contributed by atoms with van der Waals surface area (Å²) in [6, 6.07) is 34.1. The number of benzene rings is 4. The zero-order valence-electron chi connectivity index (χ0n) is 33.0. The van der Waals surface area contributed by atoms with Crippen LogP contribution in [-0.2, 0) is 18.7 Å². The fourth-order valence-corrected chi connectivity index (χ4v) is 14.0. The van der Waals surface area contributed by atoms with Crippen LogP contribution in [0.2, 0.25) is 11.4 Å². The molecule has 4 atom stereocenters. The van der Waals surface area contributed by atoms with Gasteiger partial charge in [-0.05, 0) is 99.8 Å². The van der Waals surface area contributed by atoms with Crippen molar-refractivity contribution in [3.63, 3.8) is 0 Å². The second-order valence-corrected chi connectivity index (χ2v) is 20.8. The van der Waals surface area contributed by atoms with Gasteiger partial charge in [0, 0.05) is 0 Å². The molecule has 12 heteroatoms. The van der Waals surface area contributed by atoms with Gasteiger partial charge in [-0.15, -0.1) is 0 Å². The third-order valence-electron chi connectivity index (χ3n) is 12.0. The number of rotatable bonds is 12. The van der Waals surface area contributed by atoms with Crippen LogP contribution in [0.5, 0.6) is 5.75 Å². The van der Waals surface area contributed by atoms with Gasteiger partial charge in [0.1, 0.15) is 5.75 Å². The van der Waals surface area contributed by atoms with Crippen LogP contribution >= 0.6 is 0 Å². The van der Waals surface area contributed by atoms with Crippen molar-refractivity contribution in [1.29, 1.82) is 0 Å². The monoisotopic (exact) mass is 783 g/mol. The Morgan fingerprint density at radius 2 is 1.58 bits per heavy atom. The fourth-order valence-electron chi connectivity index (χ4n) is 9.45. The first-order valence-corrected chi connectivity index (χ1v) is 21.9. The normalized spacial score (nSPS) is 21.5. The number of hydrogen-bond acceptors (Lipinski definition) is 8. The third-order valence-corrected chi connectivity index (χ3v) is 17.0. The number of phenolic OH excluding ortho intramolecular Hbond substituents is 1. The van der Waals surface area contributed by atoms with Crippen LogP contribution in [0.25, 0.3) is 6.08 Å². The van der Waals surface area contributed by atoms with E-state index in [0.717, 1.165) is 39.1 Å². The Balaban J connectivity index is 1.31. The molecule has 294 valence electrons. The summed E-state index contributed by atoms with van der Waals surface area (Å²) in [4.78, 5) is 30.2. The van der Waals surface area contributed by atoms with E-state index in [9.17, 15) is 29.8 Å². The molecule has 0 unspecified atom stereocenters. The Kier molecular flexibility index (Phi) is 11.9. The second kappa shape index (κ2) is 16.7. The van der Waals surface area contributed by atoms with Crippen LogP contribution in [0.1, 0.15) is 58.9 Å². The predicted molar refractivity (Wildman–Crippen MR) is 228 cm³/mol. The maximum Gasteiger partial charge on any atom is 0.488 e. The summed E-state index contributed by atoms with van der Waals surface area (Å²) in [5, 5.41) is 43.2. The molecule has 3 aliphatic rings. The molecule has 57 heavy (non-hydrogen) atoms. The Morgan fingerprint density at radius 3 is 2.19 bits per heavy atom. The number of amides is 2. The largest absolute Gasteiger partial charge is 0.508 e. The Morgan fingerprint density at radius 1 is 0.912 bits per heavy atom. The number of imide groups is 1. The number of carbonyl (C=O) groups excluding carboxylic acids is 2. The zero-order chi connectivity index (χ0) is 40.5. The highest BCUT2D eigenvalue weighted by molar-refractivity contribution is 6.99. The van der Waals surface area contributed by atoms with Gasteiger partial charge >= 0.3 is 14.2 Å². The van der Waals surface area contributed by atoms with E-state index >= 15 is 0 Å². The van der Waals surface area contributed by atoms with Gasteiger partial charge in [0.15, 0.2) is 0 Å². The molecular weight excluding hydrogens is 732 g/mol. The number of fused-ring (bicyclic) bond motifs is 3. The van der Waals surface area contributed by atoms with Crippen LogP contribution in [0.3, 0.4) is 0 Å². The highest BCUT2D eigenvalue weighted by Crippen LogP contribution is 2.52. The van der Waals surface area contributed by atoms with Gasteiger partial charge in [0.05, 0.1) is 30.2 Å². The molecule has 0 bridgehead atoms. The molecule has 4 aromatic rings. The average molecular weight is 784 g/mol. The summed E-state index contributed by atoms with van der Waals surface area (Å²) >= 11 is 0. The van der Waals surface area contributed by atoms with E-state index < -0.39 is 46.4 Å². The standard InChI is InChI=1S/C45H51B2NO8Si/c1-5-30(24-31-14-12-17-35(49)25-31)22-23-40-41-32(29-55-57(45(2,3)4,36-18-8-6-9-19-36)37-20-10-7-11-21-37)26-38-42(39(41)28-46(52)56-40)44(51)48(43(38)50)34-16-13-15-33(27-34)47(53)54/h6-21,24-25,27,38-40,42,49,52-54H,5,22-23,26,28-29H2,1-4H3/b30-24+/t38-,39+,40-,42-/m1/s1. The first-order chi connectivity index (χ1) is 27.3. The van der Waals surface area contributed by atoms with Crippen molar-refractivity contribution in [3.8, 4) is 5.75 Å². The molecule has 0 saturated carbocycles. The van der Waals surface area contributed by atoms with E-state index in [1.165, 1.54) is 17.0 Å². The van der Waals surface area contributed by atoms with Crippen molar-refractivity contribution < 1.29 is 38.8 Å². The molecule has 0 aromatic heterocycles. The summed E-state index contributed by atoms with van der Waals surface area (Å²) in [6.07, 6.45) is 3.91. The van der Waals surface area contributed by atoms with Crippen LogP contribution in [0.15, 0.2) is 126 Å². The second-order valence-electron chi connectivity index (χ2n) is 16.5. The Hall–Kier alpha value is -4.55. The third kappa shape index (κ3) is 7.99. The van der Waals surface area contributed by atoms with Crippen molar-refractivity contribution in [1.82, 2.24) is 0 Å². The molecule has 0 spiro atoms. The smallest absolute Gasteiger partial charge is 0.488 e. The molecule has 0 radical (unpaired) electrons. The number of nitrogens with zero attached hydrogens (tertiary/aromatic N) is 1. The molecule has 2 amide bonds. The van der Waals surface area contributed by atoms with Crippen molar-refractivity contribution in [2.45, 2.75) is 70.8 Å². The lowest BCUT2D eigenvalue weighted by atomic mass is 9.58. The van der Waals surface area contributed by atoms with Gasteiger partial charge in [-0.1, -0.05) is 124 Å². The molecule has 2 aliphatic heterocycles. The van der Waals surface area contributed by atoms with Gasteiger partial charge in [-0.2, -0.15) is 0 Å². The van der Waals surface area contributed by atoms with E-state index in [0.29, 0.717) is 12.8 Å². The van der Waals surface area contributed by atoms with Crippen LogP contribution in [0, 0.1) is 17.8 Å². The lowest BCUT2D eigenvalue weighted by molar-refractivity contribution is -0.122. The van der Waals surface area contributed by atoms with Crippen molar-refractivity contribution >= 4 is 62.0 Å². The SMILES string of the molecule is CC/C(=C\c1cccc(O)c1)CC[C@H]1OB(O)C[C@H]2C1=C(CO[Si](c1ccccc1)(c1ccccc1)C(C)(C)C)C[C@H]1C(=O)N(c3cccc(B(O)O)c3)C(=O)[C@H]12. The number of anilines is 1. The van der Waals surface area contributed by atoms with Gasteiger partial charge in [-0.25, -0.2) is 0 Å². The number of phenols is 1. The summed E-state index contributed by atoms with van der Waals surface area (Å²) in [5.74, 6) is -2.44. The van der Waals surface area contributed by atoms with E-state index in [4.69, 9.17) is 9.08 Å². The number of carbonyl (C=O) groups is 2. The molecule has 7 rings (SSSR count). The summed E-state index contributed by atoms with van der Waals surface area (Å²) in [7, 11) is -5.94. The summed E-state index contributed by atoms with van der Waals surface area (Å²) in [5.41, 5.74) is 4.34. The first-order valence-electron chi connectivity index (χ1n) is 19.9. The minimum absolute atomic E-state index is 0.151. The number of aromatic hydroxyl groups is 1. The van der Waals surface area contributed by atoms with Gasteiger partial charge in [0.25, 0.3) is 8.32 Å². The van der Waals surface area contributed by atoms with Crippen molar-refractivity contribution in [2.75, 3.05) is 11.5 Å². The molecular formula is C45H51B2NO8Si. The van der Waals surface area contributed by atoms with E-state index in [1.54, 1.807) is 24.3 Å². The molecule has 4 aromatic carbocycles. The van der Waals surface area contributed by atoms with Crippen molar-refractivity contribution in [3.05, 3.63) is 131 Å². The summed E-state index contributed by atoms with van der Waals surface area (Å²) in [6.45, 7) is 8.97. The lowest BCUT2D eigenvalue weighted by Gasteiger charge is -2.46. The molecule has 2 saturated heterocycles. The first kappa shape index (κ1) is 40.6. The van der Waals surface area contributed by atoms with E-state index in [2.05, 4.69) is 58.0 Å². The molecule has 2 heterocycles. The highest BCUT2D eigenvalue weighted by atomic mass is 28.4. The highest BCUT2D eigenvalue weighted by Gasteiger charge is 2.58. The van der Waals surface area contributed by atoms with E-state index in [1.807, 2.05) is 48.5 Å². The molecule has 1 aliphatic carbocycles. The van der Waals surface area contributed by atoms with Gasteiger partial charge < -0.3 is 29.3 Å². The minimum Gasteiger partial charge on any atom is -0.508 e. The van der Waals surface area contributed by atoms with Crippen molar-refractivity contribution in [2.24, 2.45) is 17.8 Å². The zero-order valence-corrected chi connectivity index (χ0v) is 34.0. The Labute approximate surface area is 337 Å². The van der Waals surface area contributed by atoms with Crippen LogP contribution in [-0.4, -0.2) is 67.3 Å². The van der Waals surface area contributed by atoms with Gasteiger partial charge in [-0.3, -0.25) is 14.5 Å². The quantitative estimate of drug-likeness (QED) is 0.0873. The lowest BCUT2D eigenvalue weighted by Crippen LogP contribution is -2.66. The topological polar surface area (TPSA) is 137 Å². The maximum atomic E-state index is 14.5. The van der Waals surface area contributed by atoms with E-state index in [-0.39, 0.29) is 53.1 Å². The minimum atomic E-state index is -3.03. The number of allylic oxidation sites excluding steroid dienone is 1. The summed E-state index contributed by atoms with van der Waals surface area (Å²) < 4.78 is 13.9. The Bertz CT molecular complexity index is 2120. The maximum absolute atomic E-state index is 14.5. The van der Waals surface area contributed by atoms with Crippen LogP contribution < -0.4 is 20.7 Å². The van der Waals surface area contributed by atoms with Crippen LogP contribution in [0.4, 0.5) is 5.69 Å². The number of hydrogen-bond donors (Lipinski definition) is 4. The fraction of sp³-hybridized carbons (Fsp3) is 0.333. The molecule has 4 N–H and O–H groups in total. The predicted octanol–water partition coefficient (Wildman–Crippen LogP) is 5.22. The molecule has 9 nitrogen and oxygen atoms in total. The molecule has 2 fully saturated rings. The average Bonchev–Trinajstić information content (AvgIpc) is 3.45. The van der Waals surface area contributed by atoms with Gasteiger partial charge in [0.2, 0.25) is 11.8 Å².